The van der Waals surface area contributed by atoms with Crippen molar-refractivity contribution in [1.82, 2.24) is 15.5 Å². The van der Waals surface area contributed by atoms with Crippen molar-refractivity contribution < 1.29 is 0 Å². The van der Waals surface area contributed by atoms with Crippen LogP contribution in [0.5, 0.6) is 0 Å². The summed E-state index contributed by atoms with van der Waals surface area (Å²) in [5, 5.41) is 7.62. The summed E-state index contributed by atoms with van der Waals surface area (Å²) in [6.07, 6.45) is 5.27. The van der Waals surface area contributed by atoms with Crippen LogP contribution in [-0.2, 0) is 0 Å². The van der Waals surface area contributed by atoms with Crippen LogP contribution < -0.4 is 10.6 Å². The van der Waals surface area contributed by atoms with Gasteiger partial charge in [0.2, 0.25) is 0 Å². The summed E-state index contributed by atoms with van der Waals surface area (Å²) in [5.41, 5.74) is 0. The van der Waals surface area contributed by atoms with E-state index in [0.29, 0.717) is 12.0 Å². The smallest absolute Gasteiger partial charge is 0.166 e. The standard InChI is InChI=1S/C13H25N3S/c1-10(2)9-14-13(17)15-11-5-7-16-6-3-4-12(16)8-11/h10-12H,3-9H2,1-2H3,(H2,14,15,17). The molecular formula is C13H25N3S. The molecule has 3 nitrogen and oxygen atoms in total. The van der Waals surface area contributed by atoms with E-state index >= 15 is 0 Å². The van der Waals surface area contributed by atoms with Crippen molar-refractivity contribution in [2.24, 2.45) is 5.92 Å². The van der Waals surface area contributed by atoms with E-state index in [9.17, 15) is 0 Å². The average molecular weight is 255 g/mol. The van der Waals surface area contributed by atoms with Gasteiger partial charge in [0.15, 0.2) is 5.11 Å². The van der Waals surface area contributed by atoms with Gasteiger partial charge in [-0.3, -0.25) is 0 Å². The van der Waals surface area contributed by atoms with Crippen LogP contribution in [0.3, 0.4) is 0 Å². The highest BCUT2D eigenvalue weighted by atomic mass is 32.1. The normalized spacial score (nSPS) is 29.1. The van der Waals surface area contributed by atoms with Crippen LogP contribution in [0.1, 0.15) is 39.5 Å². The van der Waals surface area contributed by atoms with Gasteiger partial charge in [-0.2, -0.15) is 0 Å². The molecule has 0 radical (unpaired) electrons. The summed E-state index contributed by atoms with van der Waals surface area (Å²) < 4.78 is 0. The summed E-state index contributed by atoms with van der Waals surface area (Å²) in [5.74, 6) is 0.645. The maximum atomic E-state index is 5.34. The van der Waals surface area contributed by atoms with Crippen LogP contribution in [0.25, 0.3) is 0 Å². The van der Waals surface area contributed by atoms with E-state index in [4.69, 9.17) is 12.2 Å². The van der Waals surface area contributed by atoms with Crippen LogP contribution in [0.4, 0.5) is 0 Å². The molecule has 98 valence electrons. The van der Waals surface area contributed by atoms with Crippen molar-refractivity contribution in [3.63, 3.8) is 0 Å². The lowest BCUT2D eigenvalue weighted by atomic mass is 9.98. The van der Waals surface area contributed by atoms with E-state index < -0.39 is 0 Å². The van der Waals surface area contributed by atoms with Crippen LogP contribution in [0.15, 0.2) is 0 Å². The Morgan fingerprint density at radius 3 is 2.94 bits per heavy atom. The SMILES string of the molecule is CC(C)CNC(=S)NC1CCN2CCCC2C1. The molecule has 2 rings (SSSR count). The second-order valence-corrected chi connectivity index (χ2v) is 6.21. The predicted octanol–water partition coefficient (Wildman–Crippen LogP) is 1.73. The Morgan fingerprint density at radius 2 is 2.18 bits per heavy atom. The number of hydrogen-bond acceptors (Lipinski definition) is 2. The molecule has 0 aliphatic carbocycles. The third kappa shape index (κ3) is 3.81. The van der Waals surface area contributed by atoms with Gasteiger partial charge in [-0.05, 0) is 50.4 Å². The highest BCUT2D eigenvalue weighted by Crippen LogP contribution is 2.26. The van der Waals surface area contributed by atoms with E-state index in [-0.39, 0.29) is 0 Å². The van der Waals surface area contributed by atoms with Crippen molar-refractivity contribution in [2.75, 3.05) is 19.6 Å². The fraction of sp³-hybridized carbons (Fsp3) is 0.923. The monoisotopic (exact) mass is 255 g/mol. The molecule has 2 saturated heterocycles. The van der Waals surface area contributed by atoms with Crippen LogP contribution >= 0.6 is 12.2 Å². The van der Waals surface area contributed by atoms with Crippen molar-refractivity contribution in [1.29, 1.82) is 0 Å². The first-order valence-electron chi connectivity index (χ1n) is 6.93. The molecule has 0 bridgehead atoms. The molecule has 4 heteroatoms. The second kappa shape index (κ2) is 6.01. The molecule has 0 spiro atoms. The number of rotatable bonds is 3. The molecule has 17 heavy (non-hydrogen) atoms. The summed E-state index contributed by atoms with van der Waals surface area (Å²) in [4.78, 5) is 2.64. The first kappa shape index (κ1) is 13.1. The van der Waals surface area contributed by atoms with Crippen LogP contribution in [0, 0.1) is 5.92 Å². The number of piperidine rings is 1. The van der Waals surface area contributed by atoms with Gasteiger partial charge >= 0.3 is 0 Å². The molecule has 2 fully saturated rings. The summed E-state index contributed by atoms with van der Waals surface area (Å²) >= 11 is 5.34. The quantitative estimate of drug-likeness (QED) is 0.751. The van der Waals surface area contributed by atoms with Crippen molar-refractivity contribution in [2.45, 2.75) is 51.6 Å². The topological polar surface area (TPSA) is 27.3 Å². The highest BCUT2D eigenvalue weighted by molar-refractivity contribution is 7.80. The predicted molar refractivity (Wildman–Crippen MR) is 76.2 cm³/mol. The van der Waals surface area contributed by atoms with E-state index in [1.165, 1.54) is 38.8 Å². The number of thiocarbonyl (C=S) groups is 1. The highest BCUT2D eigenvalue weighted by Gasteiger charge is 2.31. The molecule has 0 saturated carbocycles. The Hall–Kier alpha value is -0.350. The molecule has 0 aromatic carbocycles. The average Bonchev–Trinajstić information content (AvgIpc) is 2.73. The minimum atomic E-state index is 0.585. The largest absolute Gasteiger partial charge is 0.362 e. The summed E-state index contributed by atoms with van der Waals surface area (Å²) in [6.45, 7) is 7.93. The van der Waals surface area contributed by atoms with E-state index in [1.807, 2.05) is 0 Å². The first-order valence-corrected chi connectivity index (χ1v) is 7.34. The second-order valence-electron chi connectivity index (χ2n) is 5.80. The van der Waals surface area contributed by atoms with Gasteiger partial charge in [-0.25, -0.2) is 0 Å². The van der Waals surface area contributed by atoms with Crippen molar-refractivity contribution in [3.05, 3.63) is 0 Å². The van der Waals surface area contributed by atoms with Gasteiger partial charge in [0, 0.05) is 25.2 Å². The third-order valence-electron chi connectivity index (χ3n) is 3.83. The molecule has 2 unspecified atom stereocenters. The fourth-order valence-corrected chi connectivity index (χ4v) is 3.14. The zero-order valence-electron chi connectivity index (χ0n) is 11.0. The Labute approximate surface area is 110 Å². The third-order valence-corrected chi connectivity index (χ3v) is 4.09. The van der Waals surface area contributed by atoms with Crippen LogP contribution in [0.2, 0.25) is 0 Å². The van der Waals surface area contributed by atoms with E-state index in [1.54, 1.807) is 0 Å². The summed E-state index contributed by atoms with van der Waals surface area (Å²) in [7, 11) is 0. The maximum Gasteiger partial charge on any atom is 0.166 e. The molecule has 0 aromatic heterocycles. The molecule has 0 aromatic rings. The van der Waals surface area contributed by atoms with Crippen LogP contribution in [-0.4, -0.2) is 41.7 Å². The lowest BCUT2D eigenvalue weighted by Gasteiger charge is -2.35. The first-order chi connectivity index (χ1) is 8.15. The van der Waals surface area contributed by atoms with Gasteiger partial charge in [0.25, 0.3) is 0 Å². The molecule has 2 heterocycles. The zero-order valence-corrected chi connectivity index (χ0v) is 11.9. The molecule has 0 amide bonds. The lowest BCUT2D eigenvalue weighted by molar-refractivity contribution is 0.175. The van der Waals surface area contributed by atoms with Crippen molar-refractivity contribution in [3.8, 4) is 0 Å². The number of nitrogens with one attached hydrogen (secondary N) is 2. The molecular weight excluding hydrogens is 230 g/mol. The van der Waals surface area contributed by atoms with E-state index in [0.717, 1.165) is 17.7 Å². The molecule has 2 N–H and O–H groups in total. The molecule has 2 aliphatic rings. The Kier molecular flexibility index (Phi) is 4.62. The van der Waals surface area contributed by atoms with Gasteiger partial charge in [-0.15, -0.1) is 0 Å². The minimum absolute atomic E-state index is 0.585. The van der Waals surface area contributed by atoms with Crippen molar-refractivity contribution >= 4 is 17.3 Å². The van der Waals surface area contributed by atoms with Gasteiger partial charge in [-0.1, -0.05) is 13.8 Å². The van der Waals surface area contributed by atoms with Gasteiger partial charge in [0.1, 0.15) is 0 Å². The number of fused-ring (bicyclic) bond motifs is 1. The Balaban J connectivity index is 1.70. The number of nitrogens with zero attached hydrogens (tertiary/aromatic N) is 1. The Bertz CT molecular complexity index is 267. The fourth-order valence-electron chi connectivity index (χ4n) is 2.89. The molecule has 2 atom stereocenters. The molecule has 2 aliphatic heterocycles. The lowest BCUT2D eigenvalue weighted by Crippen LogP contribution is -2.50. The zero-order chi connectivity index (χ0) is 12.3. The minimum Gasteiger partial charge on any atom is -0.362 e. The number of hydrogen-bond donors (Lipinski definition) is 2. The Morgan fingerprint density at radius 1 is 1.35 bits per heavy atom. The summed E-state index contributed by atoms with van der Waals surface area (Å²) in [6, 6.07) is 1.40. The van der Waals surface area contributed by atoms with E-state index in [2.05, 4.69) is 29.4 Å². The van der Waals surface area contributed by atoms with Gasteiger partial charge in [0.05, 0.1) is 0 Å². The van der Waals surface area contributed by atoms with Gasteiger partial charge < -0.3 is 15.5 Å². The maximum absolute atomic E-state index is 5.34.